The topological polar surface area (TPSA) is 87.1 Å². The molecule has 0 bridgehead atoms. The SMILES string of the molecule is COCCN1C(=O)C(=O)/C(=C(\O)c2ccc(Cl)cc2)C1c1ccc(O)c(Cl)c1. The van der Waals surface area contributed by atoms with Crippen LogP contribution in [0.25, 0.3) is 5.76 Å². The normalized spacial score (nSPS) is 18.7. The van der Waals surface area contributed by atoms with Crippen LogP contribution in [-0.4, -0.2) is 47.1 Å². The van der Waals surface area contributed by atoms with Crippen molar-refractivity contribution in [2.45, 2.75) is 6.04 Å². The fraction of sp³-hybridized carbons (Fsp3) is 0.200. The Labute approximate surface area is 171 Å². The zero-order valence-electron chi connectivity index (χ0n) is 14.9. The number of aliphatic hydroxyl groups excluding tert-OH is 1. The highest BCUT2D eigenvalue weighted by Crippen LogP contribution is 2.41. The Balaban J connectivity index is 2.17. The van der Waals surface area contributed by atoms with Crippen molar-refractivity contribution in [3.05, 3.63) is 69.2 Å². The van der Waals surface area contributed by atoms with E-state index >= 15 is 0 Å². The average Bonchev–Trinajstić information content (AvgIpc) is 2.93. The number of halogens is 2. The van der Waals surface area contributed by atoms with Gasteiger partial charge in [0.2, 0.25) is 0 Å². The van der Waals surface area contributed by atoms with Crippen LogP contribution >= 0.6 is 23.2 Å². The first-order valence-corrected chi connectivity index (χ1v) is 9.12. The van der Waals surface area contributed by atoms with Crippen LogP contribution in [0.15, 0.2) is 48.0 Å². The third-order valence-corrected chi connectivity index (χ3v) is 5.04. The predicted octanol–water partition coefficient (Wildman–Crippen LogP) is 3.77. The lowest BCUT2D eigenvalue weighted by molar-refractivity contribution is -0.140. The summed E-state index contributed by atoms with van der Waals surface area (Å²) in [6, 6.07) is 9.77. The summed E-state index contributed by atoms with van der Waals surface area (Å²) in [6.07, 6.45) is 0. The molecule has 0 spiro atoms. The molecule has 2 N–H and O–H groups in total. The molecule has 8 heteroatoms. The zero-order valence-corrected chi connectivity index (χ0v) is 16.4. The molecule has 1 heterocycles. The van der Waals surface area contributed by atoms with Crippen molar-refractivity contribution in [2.75, 3.05) is 20.3 Å². The maximum atomic E-state index is 12.7. The molecule has 1 fully saturated rings. The van der Waals surface area contributed by atoms with Crippen molar-refractivity contribution in [1.82, 2.24) is 4.90 Å². The first-order chi connectivity index (χ1) is 13.3. The van der Waals surface area contributed by atoms with E-state index in [2.05, 4.69) is 0 Å². The summed E-state index contributed by atoms with van der Waals surface area (Å²) in [5.74, 6) is -2.00. The molecule has 3 rings (SSSR count). The number of phenols is 1. The number of nitrogens with zero attached hydrogens (tertiary/aromatic N) is 1. The van der Waals surface area contributed by atoms with E-state index in [9.17, 15) is 19.8 Å². The first-order valence-electron chi connectivity index (χ1n) is 8.37. The van der Waals surface area contributed by atoms with Gasteiger partial charge in [-0.05, 0) is 42.0 Å². The number of rotatable bonds is 5. The Hall–Kier alpha value is -2.54. The Morgan fingerprint density at radius 2 is 1.82 bits per heavy atom. The molecule has 1 atom stereocenters. The van der Waals surface area contributed by atoms with Crippen LogP contribution in [-0.2, 0) is 14.3 Å². The maximum absolute atomic E-state index is 12.7. The average molecular weight is 422 g/mol. The van der Waals surface area contributed by atoms with Crippen LogP contribution < -0.4 is 0 Å². The van der Waals surface area contributed by atoms with Crippen molar-refractivity contribution >= 4 is 40.7 Å². The van der Waals surface area contributed by atoms with Gasteiger partial charge in [-0.15, -0.1) is 0 Å². The third kappa shape index (κ3) is 3.71. The van der Waals surface area contributed by atoms with E-state index in [1.807, 2.05) is 0 Å². The molecule has 1 aliphatic rings. The number of carbonyl (C=O) groups excluding carboxylic acids is 2. The number of amides is 1. The second kappa shape index (κ2) is 8.22. The smallest absolute Gasteiger partial charge is 0.295 e. The van der Waals surface area contributed by atoms with E-state index in [1.54, 1.807) is 30.3 Å². The van der Waals surface area contributed by atoms with Gasteiger partial charge in [-0.25, -0.2) is 0 Å². The Bertz CT molecular complexity index is 956. The number of hydrogen-bond acceptors (Lipinski definition) is 5. The summed E-state index contributed by atoms with van der Waals surface area (Å²) >= 11 is 11.9. The Morgan fingerprint density at radius 3 is 2.43 bits per heavy atom. The summed E-state index contributed by atoms with van der Waals surface area (Å²) in [5.41, 5.74) is 0.766. The molecule has 1 aliphatic heterocycles. The third-order valence-electron chi connectivity index (χ3n) is 4.48. The molecule has 0 saturated carbocycles. The quantitative estimate of drug-likeness (QED) is 0.435. The molecule has 0 radical (unpaired) electrons. The van der Waals surface area contributed by atoms with E-state index in [0.29, 0.717) is 16.1 Å². The van der Waals surface area contributed by atoms with E-state index < -0.39 is 17.7 Å². The van der Waals surface area contributed by atoms with Gasteiger partial charge >= 0.3 is 0 Å². The van der Waals surface area contributed by atoms with Gasteiger partial charge in [0.05, 0.1) is 23.2 Å². The highest BCUT2D eigenvalue weighted by molar-refractivity contribution is 6.46. The van der Waals surface area contributed by atoms with Crippen LogP contribution in [0.5, 0.6) is 5.75 Å². The molecule has 28 heavy (non-hydrogen) atoms. The molecule has 0 aliphatic carbocycles. The second-order valence-electron chi connectivity index (χ2n) is 6.20. The number of aromatic hydroxyl groups is 1. The number of ether oxygens (including phenoxy) is 1. The van der Waals surface area contributed by atoms with Crippen molar-refractivity contribution in [2.24, 2.45) is 0 Å². The highest BCUT2D eigenvalue weighted by Gasteiger charge is 2.46. The maximum Gasteiger partial charge on any atom is 0.295 e. The summed E-state index contributed by atoms with van der Waals surface area (Å²) in [6.45, 7) is 0.345. The van der Waals surface area contributed by atoms with Crippen molar-refractivity contribution < 1.29 is 24.5 Å². The lowest BCUT2D eigenvalue weighted by atomic mass is 9.95. The molecular formula is C20H17Cl2NO5. The van der Waals surface area contributed by atoms with Gasteiger partial charge in [0.15, 0.2) is 0 Å². The monoisotopic (exact) mass is 421 g/mol. The van der Waals surface area contributed by atoms with E-state index in [-0.39, 0.29) is 35.3 Å². The summed E-state index contributed by atoms with van der Waals surface area (Å²) in [7, 11) is 1.48. The highest BCUT2D eigenvalue weighted by atomic mass is 35.5. The minimum Gasteiger partial charge on any atom is -0.507 e. The number of benzene rings is 2. The predicted molar refractivity (Wildman–Crippen MR) is 105 cm³/mol. The van der Waals surface area contributed by atoms with E-state index in [4.69, 9.17) is 27.9 Å². The second-order valence-corrected chi connectivity index (χ2v) is 7.05. The molecular weight excluding hydrogens is 405 g/mol. The van der Waals surface area contributed by atoms with E-state index in [0.717, 1.165) is 0 Å². The Kier molecular flexibility index (Phi) is 5.93. The lowest BCUT2D eigenvalue weighted by Gasteiger charge is -2.25. The first kappa shape index (κ1) is 20.2. The van der Waals surface area contributed by atoms with Crippen LogP contribution in [0.3, 0.4) is 0 Å². The summed E-state index contributed by atoms with van der Waals surface area (Å²) < 4.78 is 5.04. The fourth-order valence-electron chi connectivity index (χ4n) is 3.10. The summed E-state index contributed by atoms with van der Waals surface area (Å²) in [4.78, 5) is 26.7. The number of ketones is 1. The van der Waals surface area contributed by atoms with Gasteiger partial charge in [-0.3, -0.25) is 9.59 Å². The van der Waals surface area contributed by atoms with Crippen molar-refractivity contribution in [3.63, 3.8) is 0 Å². The zero-order chi connectivity index (χ0) is 20.4. The Morgan fingerprint density at radius 1 is 1.14 bits per heavy atom. The molecule has 0 aromatic heterocycles. The number of carbonyl (C=O) groups is 2. The fourth-order valence-corrected chi connectivity index (χ4v) is 3.42. The van der Waals surface area contributed by atoms with Crippen LogP contribution in [0, 0.1) is 0 Å². The molecule has 6 nitrogen and oxygen atoms in total. The number of Topliss-reactive ketones (excluding diaryl/α,β-unsaturated/α-hetero) is 1. The number of methoxy groups -OCH3 is 1. The van der Waals surface area contributed by atoms with Gasteiger partial charge in [0.25, 0.3) is 11.7 Å². The minimum absolute atomic E-state index is 0.0646. The van der Waals surface area contributed by atoms with Crippen molar-refractivity contribution in [1.29, 1.82) is 0 Å². The van der Waals surface area contributed by atoms with Crippen molar-refractivity contribution in [3.8, 4) is 5.75 Å². The lowest BCUT2D eigenvalue weighted by Crippen LogP contribution is -2.32. The minimum atomic E-state index is -0.871. The number of aliphatic hydroxyl groups is 1. The van der Waals surface area contributed by atoms with Crippen LogP contribution in [0.2, 0.25) is 10.0 Å². The number of likely N-dealkylation sites (tertiary alicyclic amines) is 1. The molecule has 1 saturated heterocycles. The van der Waals surface area contributed by atoms with Gasteiger partial charge < -0.3 is 19.8 Å². The molecule has 146 valence electrons. The van der Waals surface area contributed by atoms with Gasteiger partial charge in [-0.2, -0.15) is 0 Å². The van der Waals surface area contributed by atoms with Crippen LogP contribution in [0.4, 0.5) is 0 Å². The molecule has 1 amide bonds. The summed E-state index contributed by atoms with van der Waals surface area (Å²) in [5, 5.41) is 21.1. The standard InChI is InChI=1S/C20H17Cl2NO5/c1-28-9-8-23-17(12-4-7-15(24)14(22)10-12)16(19(26)20(23)27)18(25)11-2-5-13(21)6-3-11/h2-7,10,17,24-25H,8-9H2,1H3/b18-16-. The van der Waals surface area contributed by atoms with Gasteiger partial charge in [-0.1, -0.05) is 29.3 Å². The number of hydrogen-bond donors (Lipinski definition) is 2. The molecule has 2 aromatic rings. The van der Waals surface area contributed by atoms with Gasteiger partial charge in [0.1, 0.15) is 11.5 Å². The molecule has 2 aromatic carbocycles. The number of phenolic OH excluding ortho intramolecular Hbond substituents is 1. The van der Waals surface area contributed by atoms with Crippen LogP contribution in [0.1, 0.15) is 17.2 Å². The largest absolute Gasteiger partial charge is 0.507 e. The van der Waals surface area contributed by atoms with Gasteiger partial charge in [0, 0.05) is 24.2 Å². The molecule has 1 unspecified atom stereocenters. The van der Waals surface area contributed by atoms with E-state index in [1.165, 1.54) is 24.1 Å².